The third-order valence-corrected chi connectivity index (χ3v) is 5.29. The van der Waals surface area contributed by atoms with Crippen LogP contribution in [0.2, 0.25) is 0 Å². The Labute approximate surface area is 172 Å². The second kappa shape index (κ2) is 12.5. The molecular formula is C18H31IN4OS. The van der Waals surface area contributed by atoms with Gasteiger partial charge in [-0.1, -0.05) is 19.4 Å². The van der Waals surface area contributed by atoms with Crippen molar-refractivity contribution in [2.75, 3.05) is 26.7 Å². The number of halogens is 1. The van der Waals surface area contributed by atoms with Crippen LogP contribution in [0.4, 0.5) is 0 Å². The summed E-state index contributed by atoms with van der Waals surface area (Å²) in [6, 6.07) is 4.29. The zero-order valence-electron chi connectivity index (χ0n) is 15.2. The lowest BCUT2D eigenvalue weighted by Gasteiger charge is -2.24. The first-order chi connectivity index (χ1) is 11.7. The van der Waals surface area contributed by atoms with Crippen LogP contribution in [-0.4, -0.2) is 38.5 Å². The number of carbonyl (C=O) groups excluding carboxylic acids is 1. The van der Waals surface area contributed by atoms with Gasteiger partial charge in [-0.25, -0.2) is 0 Å². The van der Waals surface area contributed by atoms with Gasteiger partial charge in [0, 0.05) is 37.5 Å². The lowest BCUT2D eigenvalue weighted by Crippen LogP contribution is -2.41. The first-order valence-electron chi connectivity index (χ1n) is 8.93. The predicted molar refractivity (Wildman–Crippen MR) is 117 cm³/mol. The molecule has 0 aliphatic heterocycles. The van der Waals surface area contributed by atoms with Gasteiger partial charge >= 0.3 is 0 Å². The number of guanidine groups is 1. The molecule has 1 atom stereocenters. The summed E-state index contributed by atoms with van der Waals surface area (Å²) in [6.45, 7) is 4.68. The molecule has 1 saturated carbocycles. The van der Waals surface area contributed by atoms with Crippen LogP contribution in [0.3, 0.4) is 0 Å². The van der Waals surface area contributed by atoms with Gasteiger partial charge in [0.2, 0.25) is 5.91 Å². The van der Waals surface area contributed by atoms with Gasteiger partial charge in [-0.05, 0) is 43.0 Å². The van der Waals surface area contributed by atoms with E-state index in [1.54, 1.807) is 7.05 Å². The fourth-order valence-electron chi connectivity index (χ4n) is 2.66. The second-order valence-corrected chi connectivity index (χ2v) is 7.57. The zero-order valence-corrected chi connectivity index (χ0v) is 18.4. The van der Waals surface area contributed by atoms with Crippen molar-refractivity contribution in [3.05, 3.63) is 22.4 Å². The Kier molecular flexibility index (Phi) is 11.1. The van der Waals surface area contributed by atoms with Crippen molar-refractivity contribution >= 4 is 47.2 Å². The largest absolute Gasteiger partial charge is 0.356 e. The van der Waals surface area contributed by atoms with E-state index in [2.05, 4.69) is 45.4 Å². The highest BCUT2D eigenvalue weighted by molar-refractivity contribution is 14.0. The minimum atomic E-state index is 0. The molecule has 1 aromatic rings. The maximum atomic E-state index is 11.7. The number of hydrogen-bond donors (Lipinski definition) is 3. The fourth-order valence-corrected chi connectivity index (χ4v) is 3.53. The molecule has 1 aliphatic carbocycles. The number of carbonyl (C=O) groups is 1. The lowest BCUT2D eigenvalue weighted by atomic mass is 9.85. The maximum Gasteiger partial charge on any atom is 0.223 e. The molecule has 3 N–H and O–H groups in total. The van der Waals surface area contributed by atoms with Crippen LogP contribution in [0.25, 0.3) is 0 Å². The molecule has 1 unspecified atom stereocenters. The van der Waals surface area contributed by atoms with Crippen LogP contribution in [0.1, 0.15) is 37.5 Å². The Bertz CT molecular complexity index is 517. The Balaban J connectivity index is 0.00000312. The van der Waals surface area contributed by atoms with Crippen molar-refractivity contribution in [2.45, 2.75) is 39.0 Å². The van der Waals surface area contributed by atoms with Crippen LogP contribution < -0.4 is 16.0 Å². The molecule has 0 saturated heterocycles. The van der Waals surface area contributed by atoms with Gasteiger partial charge in [-0.2, -0.15) is 0 Å². The van der Waals surface area contributed by atoms with E-state index < -0.39 is 0 Å². The molecule has 1 fully saturated rings. The van der Waals surface area contributed by atoms with Crippen molar-refractivity contribution in [1.82, 2.24) is 16.0 Å². The van der Waals surface area contributed by atoms with Crippen molar-refractivity contribution < 1.29 is 4.79 Å². The molecule has 0 bridgehead atoms. The van der Waals surface area contributed by atoms with Gasteiger partial charge in [0.05, 0.1) is 0 Å². The summed E-state index contributed by atoms with van der Waals surface area (Å²) in [4.78, 5) is 17.4. The number of rotatable bonds is 9. The fraction of sp³-hybridized carbons (Fsp3) is 0.667. The highest BCUT2D eigenvalue weighted by Crippen LogP contribution is 2.25. The molecule has 2 rings (SSSR count). The van der Waals surface area contributed by atoms with Crippen molar-refractivity contribution in [3.63, 3.8) is 0 Å². The van der Waals surface area contributed by atoms with Gasteiger partial charge in [0.25, 0.3) is 0 Å². The first kappa shape index (κ1) is 22.2. The molecule has 25 heavy (non-hydrogen) atoms. The van der Waals surface area contributed by atoms with Crippen LogP contribution in [0.15, 0.2) is 22.5 Å². The summed E-state index contributed by atoms with van der Waals surface area (Å²) >= 11 is 1.81. The normalized spacial score (nSPS) is 15.7. The van der Waals surface area contributed by atoms with Crippen LogP contribution in [0.5, 0.6) is 0 Å². The van der Waals surface area contributed by atoms with Crippen molar-refractivity contribution in [2.24, 2.45) is 16.8 Å². The molecule has 1 aliphatic rings. The summed E-state index contributed by atoms with van der Waals surface area (Å²) in [7, 11) is 1.79. The number of hydrogen-bond acceptors (Lipinski definition) is 3. The van der Waals surface area contributed by atoms with E-state index in [1.807, 2.05) is 11.3 Å². The van der Waals surface area contributed by atoms with E-state index in [1.165, 1.54) is 11.3 Å². The monoisotopic (exact) mass is 478 g/mol. The first-order valence-corrected chi connectivity index (χ1v) is 9.81. The molecule has 1 heterocycles. The summed E-state index contributed by atoms with van der Waals surface area (Å²) in [5.41, 5.74) is 0. The predicted octanol–water partition coefficient (Wildman–Crippen LogP) is 3.02. The molecular weight excluding hydrogens is 447 g/mol. The molecule has 1 amide bonds. The standard InChI is InChI=1S/C18H30N4OS.HI/c1-14(12-16-8-4-11-24-16)13-22-18(19-2)21-10-5-9-20-17(23)15-6-3-7-15;/h4,8,11,14-15H,3,5-7,9-10,12-13H2,1-2H3,(H,20,23)(H2,19,21,22);1H. The third kappa shape index (κ3) is 8.40. The zero-order chi connectivity index (χ0) is 17.2. The van der Waals surface area contributed by atoms with Crippen LogP contribution in [-0.2, 0) is 11.2 Å². The SMILES string of the molecule is CN=C(NCCCNC(=O)C1CCC1)NCC(C)Cc1cccs1.I. The van der Waals surface area contributed by atoms with E-state index in [-0.39, 0.29) is 35.8 Å². The number of thiophene rings is 1. The number of aliphatic imine (C=N–C) groups is 1. The Morgan fingerprint density at radius 2 is 2.08 bits per heavy atom. The van der Waals surface area contributed by atoms with E-state index in [4.69, 9.17) is 0 Å². The van der Waals surface area contributed by atoms with Gasteiger partial charge in [-0.15, -0.1) is 35.3 Å². The Morgan fingerprint density at radius 3 is 2.68 bits per heavy atom. The van der Waals surface area contributed by atoms with E-state index in [9.17, 15) is 4.79 Å². The molecule has 5 nitrogen and oxygen atoms in total. The van der Waals surface area contributed by atoms with Crippen LogP contribution in [0, 0.1) is 11.8 Å². The molecule has 0 spiro atoms. The molecule has 1 aromatic heterocycles. The van der Waals surface area contributed by atoms with Gasteiger partial charge in [0.15, 0.2) is 5.96 Å². The molecule has 0 radical (unpaired) electrons. The minimum absolute atomic E-state index is 0. The smallest absolute Gasteiger partial charge is 0.223 e. The lowest BCUT2D eigenvalue weighted by molar-refractivity contribution is -0.127. The van der Waals surface area contributed by atoms with Gasteiger partial charge in [-0.3, -0.25) is 9.79 Å². The topological polar surface area (TPSA) is 65.5 Å². The summed E-state index contributed by atoms with van der Waals surface area (Å²) < 4.78 is 0. The summed E-state index contributed by atoms with van der Waals surface area (Å²) in [5.74, 6) is 1.89. The quantitative estimate of drug-likeness (QED) is 0.221. The van der Waals surface area contributed by atoms with E-state index >= 15 is 0 Å². The van der Waals surface area contributed by atoms with Crippen molar-refractivity contribution in [3.8, 4) is 0 Å². The maximum absolute atomic E-state index is 11.7. The minimum Gasteiger partial charge on any atom is -0.356 e. The summed E-state index contributed by atoms with van der Waals surface area (Å²) in [6.07, 6.45) is 5.32. The van der Waals surface area contributed by atoms with E-state index in [0.717, 1.165) is 51.3 Å². The Hall–Kier alpha value is -0.830. The van der Waals surface area contributed by atoms with Gasteiger partial charge < -0.3 is 16.0 Å². The third-order valence-electron chi connectivity index (χ3n) is 4.39. The van der Waals surface area contributed by atoms with Gasteiger partial charge in [0.1, 0.15) is 0 Å². The number of nitrogens with one attached hydrogen (secondary N) is 3. The number of amides is 1. The average molecular weight is 478 g/mol. The van der Waals surface area contributed by atoms with Crippen LogP contribution >= 0.6 is 35.3 Å². The van der Waals surface area contributed by atoms with E-state index in [0.29, 0.717) is 5.92 Å². The average Bonchev–Trinajstić information content (AvgIpc) is 3.01. The highest BCUT2D eigenvalue weighted by atomic mass is 127. The molecule has 7 heteroatoms. The summed E-state index contributed by atoms with van der Waals surface area (Å²) in [5, 5.41) is 11.8. The highest BCUT2D eigenvalue weighted by Gasteiger charge is 2.24. The second-order valence-electron chi connectivity index (χ2n) is 6.54. The Morgan fingerprint density at radius 1 is 1.32 bits per heavy atom. The molecule has 0 aromatic carbocycles. The molecule has 142 valence electrons. The number of nitrogens with zero attached hydrogens (tertiary/aromatic N) is 1. The van der Waals surface area contributed by atoms with Crippen molar-refractivity contribution in [1.29, 1.82) is 0 Å².